The van der Waals surface area contributed by atoms with Gasteiger partial charge in [-0.25, -0.2) is 0 Å². The Labute approximate surface area is 79.3 Å². The molecule has 0 radical (unpaired) electrons. The first-order valence-corrected chi connectivity index (χ1v) is 4.82. The lowest BCUT2D eigenvalue weighted by Gasteiger charge is -2.27. The van der Waals surface area contributed by atoms with Gasteiger partial charge in [-0.1, -0.05) is 0 Å². The van der Waals surface area contributed by atoms with Gasteiger partial charge in [-0.3, -0.25) is 0 Å². The molecule has 2 rings (SSSR count). The molecular formula is C10H17N3. The molecule has 0 aromatic carbocycles. The molecule has 0 saturated carbocycles. The minimum absolute atomic E-state index is 0.459. The van der Waals surface area contributed by atoms with E-state index < -0.39 is 0 Å². The second-order valence-electron chi connectivity index (χ2n) is 3.73. The molecule has 13 heavy (non-hydrogen) atoms. The van der Waals surface area contributed by atoms with Crippen LogP contribution in [0.4, 0.5) is 0 Å². The van der Waals surface area contributed by atoms with E-state index in [4.69, 9.17) is 0 Å². The molecule has 2 aliphatic heterocycles. The topological polar surface area (TPSA) is 36.1 Å². The Morgan fingerprint density at radius 3 is 2.69 bits per heavy atom. The normalized spacial score (nSPS) is 27.5. The second kappa shape index (κ2) is 3.07. The summed E-state index contributed by atoms with van der Waals surface area (Å²) in [5.41, 5.74) is 4.38. The van der Waals surface area contributed by atoms with Crippen molar-refractivity contribution in [1.82, 2.24) is 16.0 Å². The van der Waals surface area contributed by atoms with Crippen LogP contribution in [0.2, 0.25) is 0 Å². The van der Waals surface area contributed by atoms with Crippen molar-refractivity contribution in [1.29, 1.82) is 0 Å². The van der Waals surface area contributed by atoms with E-state index >= 15 is 0 Å². The lowest BCUT2D eigenvalue weighted by atomic mass is 9.95. The van der Waals surface area contributed by atoms with E-state index in [2.05, 4.69) is 29.8 Å². The van der Waals surface area contributed by atoms with Crippen molar-refractivity contribution in [2.45, 2.75) is 19.9 Å². The molecular weight excluding hydrogens is 162 g/mol. The largest absolute Gasteiger partial charge is 0.375 e. The highest BCUT2D eigenvalue weighted by Crippen LogP contribution is 2.26. The van der Waals surface area contributed by atoms with Gasteiger partial charge < -0.3 is 16.0 Å². The Balaban J connectivity index is 2.43. The maximum Gasteiger partial charge on any atom is 0.104 e. The van der Waals surface area contributed by atoms with Crippen LogP contribution in [0.25, 0.3) is 0 Å². The monoisotopic (exact) mass is 179 g/mol. The van der Waals surface area contributed by atoms with Crippen molar-refractivity contribution in [2.24, 2.45) is 0 Å². The second-order valence-corrected chi connectivity index (χ2v) is 3.73. The number of nitrogens with one attached hydrogen (secondary N) is 3. The first-order valence-electron chi connectivity index (χ1n) is 4.82. The highest BCUT2D eigenvalue weighted by atomic mass is 15.1. The summed E-state index contributed by atoms with van der Waals surface area (Å²) in [4.78, 5) is 0. The van der Waals surface area contributed by atoms with Gasteiger partial charge in [0.1, 0.15) is 5.82 Å². The van der Waals surface area contributed by atoms with Gasteiger partial charge in [-0.15, -0.1) is 0 Å². The highest BCUT2D eigenvalue weighted by molar-refractivity contribution is 5.47. The van der Waals surface area contributed by atoms with E-state index in [1.807, 2.05) is 7.05 Å². The minimum Gasteiger partial charge on any atom is -0.375 e. The van der Waals surface area contributed by atoms with E-state index in [-0.39, 0.29) is 0 Å². The summed E-state index contributed by atoms with van der Waals surface area (Å²) < 4.78 is 0. The molecule has 0 aliphatic carbocycles. The predicted molar refractivity (Wildman–Crippen MR) is 54.3 cm³/mol. The van der Waals surface area contributed by atoms with E-state index in [9.17, 15) is 0 Å². The van der Waals surface area contributed by atoms with Crippen molar-refractivity contribution >= 4 is 0 Å². The molecule has 1 unspecified atom stereocenters. The third-order valence-corrected chi connectivity index (χ3v) is 3.01. The summed E-state index contributed by atoms with van der Waals surface area (Å²) >= 11 is 0. The fourth-order valence-corrected chi connectivity index (χ4v) is 2.04. The number of rotatable bonds is 1. The van der Waals surface area contributed by atoms with Crippen molar-refractivity contribution in [3.63, 3.8) is 0 Å². The first kappa shape index (κ1) is 8.63. The molecule has 1 saturated heterocycles. The van der Waals surface area contributed by atoms with E-state index in [1.165, 1.54) is 22.5 Å². The van der Waals surface area contributed by atoms with Gasteiger partial charge in [-0.2, -0.15) is 0 Å². The Morgan fingerprint density at radius 2 is 2.00 bits per heavy atom. The third kappa shape index (κ3) is 1.23. The fraction of sp³-hybridized carbons (Fsp3) is 0.600. The molecule has 0 aromatic rings. The molecule has 1 atom stereocenters. The lowest BCUT2D eigenvalue weighted by molar-refractivity contribution is 0.625. The van der Waals surface area contributed by atoms with Gasteiger partial charge in [0.25, 0.3) is 0 Å². The summed E-state index contributed by atoms with van der Waals surface area (Å²) in [6.07, 6.45) is 0. The molecule has 0 aromatic heterocycles. The molecule has 3 heteroatoms. The molecule has 1 fully saturated rings. The predicted octanol–water partition coefficient (Wildman–Crippen LogP) is 0.329. The Kier molecular flexibility index (Phi) is 2.04. The van der Waals surface area contributed by atoms with Crippen LogP contribution in [0.15, 0.2) is 22.5 Å². The summed E-state index contributed by atoms with van der Waals surface area (Å²) in [7, 11) is 1.97. The van der Waals surface area contributed by atoms with Crippen LogP contribution in [0.5, 0.6) is 0 Å². The zero-order valence-electron chi connectivity index (χ0n) is 8.49. The zero-order valence-corrected chi connectivity index (χ0v) is 8.49. The van der Waals surface area contributed by atoms with Crippen LogP contribution < -0.4 is 16.0 Å². The molecule has 2 aliphatic rings. The molecule has 3 nitrogen and oxygen atoms in total. The lowest BCUT2D eigenvalue weighted by Crippen LogP contribution is -2.37. The quantitative estimate of drug-likeness (QED) is 0.543. The van der Waals surface area contributed by atoms with E-state index in [0.717, 1.165) is 13.1 Å². The van der Waals surface area contributed by atoms with Gasteiger partial charge in [0.05, 0.1) is 0 Å². The summed E-state index contributed by atoms with van der Waals surface area (Å²) in [6.45, 7) is 6.43. The molecule has 0 bridgehead atoms. The summed E-state index contributed by atoms with van der Waals surface area (Å²) in [5, 5.41) is 10.1. The highest BCUT2D eigenvalue weighted by Gasteiger charge is 2.26. The van der Waals surface area contributed by atoms with Crippen LogP contribution in [0.3, 0.4) is 0 Å². The number of fused-ring (bicyclic) bond motifs is 1. The first-order chi connectivity index (χ1) is 6.24. The van der Waals surface area contributed by atoms with Crippen LogP contribution in [0.1, 0.15) is 13.8 Å². The van der Waals surface area contributed by atoms with E-state index in [0.29, 0.717) is 6.04 Å². The van der Waals surface area contributed by atoms with E-state index in [1.54, 1.807) is 0 Å². The smallest absolute Gasteiger partial charge is 0.104 e. The summed E-state index contributed by atoms with van der Waals surface area (Å²) in [6, 6.07) is 0.459. The molecule has 2 heterocycles. The standard InChI is InChI=1S/C10H17N3/c1-6-7(2)13-10(11-3)9-5-12-4-8(6)9/h7,11-13H,4-5H2,1-3H3. The van der Waals surface area contributed by atoms with Gasteiger partial charge in [-0.05, 0) is 25.0 Å². The third-order valence-electron chi connectivity index (χ3n) is 3.01. The van der Waals surface area contributed by atoms with Crippen LogP contribution >= 0.6 is 0 Å². The SMILES string of the molecule is CNC1=C2CNCC2=C(C)C(C)N1. The Morgan fingerprint density at radius 1 is 1.31 bits per heavy atom. The molecule has 3 N–H and O–H groups in total. The fourth-order valence-electron chi connectivity index (χ4n) is 2.04. The zero-order chi connectivity index (χ0) is 9.42. The average molecular weight is 179 g/mol. The van der Waals surface area contributed by atoms with Crippen molar-refractivity contribution in [3.05, 3.63) is 22.5 Å². The van der Waals surface area contributed by atoms with Gasteiger partial charge in [0, 0.05) is 31.8 Å². The van der Waals surface area contributed by atoms with Crippen molar-refractivity contribution in [3.8, 4) is 0 Å². The van der Waals surface area contributed by atoms with Crippen LogP contribution in [-0.2, 0) is 0 Å². The minimum atomic E-state index is 0.459. The van der Waals surface area contributed by atoms with Crippen molar-refractivity contribution in [2.75, 3.05) is 20.1 Å². The number of hydrogen-bond donors (Lipinski definition) is 3. The van der Waals surface area contributed by atoms with Crippen LogP contribution in [0, 0.1) is 0 Å². The maximum atomic E-state index is 3.46. The van der Waals surface area contributed by atoms with Crippen LogP contribution in [-0.4, -0.2) is 26.2 Å². The summed E-state index contributed by atoms with van der Waals surface area (Å²) in [5.74, 6) is 1.19. The van der Waals surface area contributed by atoms with Gasteiger partial charge in [0.2, 0.25) is 0 Å². The average Bonchev–Trinajstić information content (AvgIpc) is 2.60. The Hall–Kier alpha value is -0.960. The van der Waals surface area contributed by atoms with Crippen molar-refractivity contribution < 1.29 is 0 Å². The molecule has 0 amide bonds. The molecule has 72 valence electrons. The van der Waals surface area contributed by atoms with Gasteiger partial charge >= 0.3 is 0 Å². The Bertz CT molecular complexity index is 285. The molecule has 0 spiro atoms. The number of dihydropyridines is 1. The number of hydrogen-bond acceptors (Lipinski definition) is 3. The maximum absolute atomic E-state index is 3.46. The van der Waals surface area contributed by atoms with Gasteiger partial charge in [0.15, 0.2) is 0 Å².